The zero-order chi connectivity index (χ0) is 18.4. The molecule has 1 unspecified atom stereocenters. The molecule has 1 atom stereocenters. The summed E-state index contributed by atoms with van der Waals surface area (Å²) in [5.41, 5.74) is 1.23. The highest BCUT2D eigenvalue weighted by Gasteiger charge is 2.27. The molecule has 5 heteroatoms. The molecule has 0 spiro atoms. The Kier molecular flexibility index (Phi) is 6.81. The maximum atomic E-state index is 12.7. The van der Waals surface area contributed by atoms with E-state index in [1.165, 1.54) is 12.0 Å². The normalized spacial score (nSPS) is 17.2. The van der Waals surface area contributed by atoms with Crippen LogP contribution in [0.5, 0.6) is 5.75 Å². The molecule has 138 valence electrons. The van der Waals surface area contributed by atoms with Crippen LogP contribution in [-0.4, -0.2) is 24.0 Å². The van der Waals surface area contributed by atoms with Gasteiger partial charge < -0.3 is 9.64 Å². The SMILES string of the molecule is O=C(CCCOc1ccc(Cl)cc1Cl)N1CCCCC1c1ccccc1. The second kappa shape index (κ2) is 9.29. The highest BCUT2D eigenvalue weighted by atomic mass is 35.5. The summed E-state index contributed by atoms with van der Waals surface area (Å²) in [7, 11) is 0. The molecule has 1 amide bonds. The van der Waals surface area contributed by atoms with E-state index < -0.39 is 0 Å². The molecule has 0 radical (unpaired) electrons. The smallest absolute Gasteiger partial charge is 0.223 e. The second-order valence-electron chi connectivity index (χ2n) is 6.54. The average molecular weight is 392 g/mol. The number of benzene rings is 2. The summed E-state index contributed by atoms with van der Waals surface area (Å²) in [4.78, 5) is 14.8. The Morgan fingerprint density at radius 2 is 1.92 bits per heavy atom. The number of piperidine rings is 1. The zero-order valence-electron chi connectivity index (χ0n) is 14.7. The van der Waals surface area contributed by atoms with Crippen molar-refractivity contribution in [3.8, 4) is 5.75 Å². The average Bonchev–Trinajstić information content (AvgIpc) is 2.67. The van der Waals surface area contributed by atoms with Crippen LogP contribution in [-0.2, 0) is 4.79 Å². The number of nitrogens with zero attached hydrogens (tertiary/aromatic N) is 1. The maximum absolute atomic E-state index is 12.7. The van der Waals surface area contributed by atoms with Gasteiger partial charge in [0.1, 0.15) is 5.75 Å². The van der Waals surface area contributed by atoms with Gasteiger partial charge >= 0.3 is 0 Å². The van der Waals surface area contributed by atoms with E-state index >= 15 is 0 Å². The molecule has 1 heterocycles. The molecule has 3 rings (SSSR count). The van der Waals surface area contributed by atoms with Gasteiger partial charge in [-0.3, -0.25) is 4.79 Å². The second-order valence-corrected chi connectivity index (χ2v) is 7.38. The Balaban J connectivity index is 1.52. The van der Waals surface area contributed by atoms with E-state index in [4.69, 9.17) is 27.9 Å². The fraction of sp³-hybridized carbons (Fsp3) is 0.381. The third-order valence-electron chi connectivity index (χ3n) is 4.69. The van der Waals surface area contributed by atoms with Gasteiger partial charge in [0, 0.05) is 18.0 Å². The summed E-state index contributed by atoms with van der Waals surface area (Å²) in [6.07, 6.45) is 4.42. The fourth-order valence-corrected chi connectivity index (χ4v) is 3.86. The van der Waals surface area contributed by atoms with Gasteiger partial charge in [0.15, 0.2) is 0 Å². The number of hydrogen-bond donors (Lipinski definition) is 0. The van der Waals surface area contributed by atoms with E-state index in [0.717, 1.165) is 19.4 Å². The van der Waals surface area contributed by atoms with Crippen molar-refractivity contribution in [3.05, 3.63) is 64.1 Å². The quantitative estimate of drug-likeness (QED) is 0.573. The lowest BCUT2D eigenvalue weighted by atomic mass is 9.95. The van der Waals surface area contributed by atoms with Crippen LogP contribution in [0.1, 0.15) is 43.7 Å². The third kappa shape index (κ3) is 4.93. The molecule has 3 nitrogen and oxygen atoms in total. The highest BCUT2D eigenvalue weighted by Crippen LogP contribution is 2.31. The van der Waals surface area contributed by atoms with E-state index in [9.17, 15) is 4.79 Å². The monoisotopic (exact) mass is 391 g/mol. The van der Waals surface area contributed by atoms with E-state index in [0.29, 0.717) is 35.2 Å². The molecule has 26 heavy (non-hydrogen) atoms. The summed E-state index contributed by atoms with van der Waals surface area (Å²) < 4.78 is 5.68. The summed E-state index contributed by atoms with van der Waals surface area (Å²) >= 11 is 12.0. The van der Waals surface area contributed by atoms with Crippen molar-refractivity contribution in [3.63, 3.8) is 0 Å². The molecule has 1 saturated heterocycles. The molecule has 0 aliphatic carbocycles. The molecule has 0 bridgehead atoms. The van der Waals surface area contributed by atoms with Gasteiger partial charge in [-0.15, -0.1) is 0 Å². The van der Waals surface area contributed by atoms with Crippen LogP contribution >= 0.6 is 23.2 Å². The Bertz CT molecular complexity index is 736. The number of carbonyl (C=O) groups is 1. The van der Waals surface area contributed by atoms with Crippen LogP contribution in [0.2, 0.25) is 10.0 Å². The summed E-state index contributed by atoms with van der Waals surface area (Å²) in [5.74, 6) is 0.799. The molecule has 1 fully saturated rings. The van der Waals surface area contributed by atoms with Gasteiger partial charge in [-0.2, -0.15) is 0 Å². The first-order valence-electron chi connectivity index (χ1n) is 9.07. The van der Waals surface area contributed by atoms with Crippen LogP contribution in [0.15, 0.2) is 48.5 Å². The van der Waals surface area contributed by atoms with Crippen molar-refractivity contribution in [2.75, 3.05) is 13.2 Å². The Morgan fingerprint density at radius 1 is 1.12 bits per heavy atom. The van der Waals surface area contributed by atoms with Gasteiger partial charge in [-0.05, 0) is 49.4 Å². The molecule has 0 N–H and O–H groups in total. The Morgan fingerprint density at radius 3 is 2.69 bits per heavy atom. The molecule has 0 aromatic heterocycles. The number of rotatable bonds is 6. The molecule has 0 saturated carbocycles. The Labute approximate surface area is 164 Å². The number of likely N-dealkylation sites (tertiary alicyclic amines) is 1. The van der Waals surface area contributed by atoms with Crippen LogP contribution in [0.3, 0.4) is 0 Å². The van der Waals surface area contributed by atoms with Crippen LogP contribution in [0.4, 0.5) is 0 Å². The molecule has 2 aromatic carbocycles. The van der Waals surface area contributed by atoms with Crippen LogP contribution < -0.4 is 4.74 Å². The van der Waals surface area contributed by atoms with Crippen molar-refractivity contribution in [2.45, 2.75) is 38.1 Å². The van der Waals surface area contributed by atoms with Gasteiger partial charge in [-0.1, -0.05) is 53.5 Å². The van der Waals surface area contributed by atoms with Crippen molar-refractivity contribution in [1.29, 1.82) is 0 Å². The van der Waals surface area contributed by atoms with Gasteiger partial charge in [0.05, 0.1) is 17.7 Å². The lowest BCUT2D eigenvalue weighted by molar-refractivity contribution is -0.135. The lowest BCUT2D eigenvalue weighted by Crippen LogP contribution is -2.38. The summed E-state index contributed by atoms with van der Waals surface area (Å²) in [5, 5.41) is 1.07. The molecule has 1 aliphatic rings. The molecular formula is C21H23Cl2NO2. The largest absolute Gasteiger partial charge is 0.492 e. The number of amides is 1. The number of hydrogen-bond acceptors (Lipinski definition) is 2. The van der Waals surface area contributed by atoms with Crippen molar-refractivity contribution >= 4 is 29.1 Å². The van der Waals surface area contributed by atoms with Gasteiger partial charge in [0.25, 0.3) is 0 Å². The summed E-state index contributed by atoms with van der Waals surface area (Å²) in [6, 6.07) is 15.7. The van der Waals surface area contributed by atoms with Crippen molar-refractivity contribution in [2.24, 2.45) is 0 Å². The van der Waals surface area contributed by atoms with E-state index in [1.54, 1.807) is 18.2 Å². The van der Waals surface area contributed by atoms with E-state index in [-0.39, 0.29) is 11.9 Å². The van der Waals surface area contributed by atoms with Crippen LogP contribution in [0.25, 0.3) is 0 Å². The molecular weight excluding hydrogens is 369 g/mol. The predicted octanol–water partition coefficient (Wildman–Crippen LogP) is 5.91. The minimum atomic E-state index is 0.198. The first kappa shape index (κ1) is 19.1. The molecule has 1 aliphatic heterocycles. The number of halogens is 2. The highest BCUT2D eigenvalue weighted by molar-refractivity contribution is 6.35. The zero-order valence-corrected chi connectivity index (χ0v) is 16.2. The summed E-state index contributed by atoms with van der Waals surface area (Å²) in [6.45, 7) is 1.29. The standard InChI is InChI=1S/C21H23Cl2NO2/c22-17-11-12-20(18(23)15-17)26-14-6-10-21(25)24-13-5-4-9-19(24)16-7-2-1-3-8-16/h1-3,7-8,11-12,15,19H,4-6,9-10,13-14H2. The van der Waals surface area contributed by atoms with Gasteiger partial charge in [0.2, 0.25) is 5.91 Å². The predicted molar refractivity (Wildman–Crippen MR) is 106 cm³/mol. The lowest BCUT2D eigenvalue weighted by Gasteiger charge is -2.36. The van der Waals surface area contributed by atoms with E-state index in [1.807, 2.05) is 23.1 Å². The van der Waals surface area contributed by atoms with Gasteiger partial charge in [-0.25, -0.2) is 0 Å². The fourth-order valence-electron chi connectivity index (χ4n) is 3.39. The maximum Gasteiger partial charge on any atom is 0.223 e. The third-order valence-corrected chi connectivity index (χ3v) is 5.22. The van der Waals surface area contributed by atoms with Crippen molar-refractivity contribution < 1.29 is 9.53 Å². The van der Waals surface area contributed by atoms with Crippen molar-refractivity contribution in [1.82, 2.24) is 4.90 Å². The number of carbonyl (C=O) groups excluding carboxylic acids is 1. The minimum absolute atomic E-state index is 0.198. The Hall–Kier alpha value is -1.71. The topological polar surface area (TPSA) is 29.5 Å². The minimum Gasteiger partial charge on any atom is -0.492 e. The first-order valence-corrected chi connectivity index (χ1v) is 9.83. The first-order chi connectivity index (χ1) is 12.6. The number of ether oxygens (including phenoxy) is 1. The molecule has 2 aromatic rings. The van der Waals surface area contributed by atoms with E-state index in [2.05, 4.69) is 12.1 Å². The van der Waals surface area contributed by atoms with Crippen LogP contribution in [0, 0.1) is 0 Å².